The fourth-order valence-electron chi connectivity index (χ4n) is 1.80. The van der Waals surface area contributed by atoms with Gasteiger partial charge < -0.3 is 15.2 Å². The zero-order valence-electron chi connectivity index (χ0n) is 12.4. The van der Waals surface area contributed by atoms with E-state index in [9.17, 15) is 0 Å². The number of thiophene rings is 1. The number of hydrogen-bond acceptors (Lipinski definition) is 5. The molecule has 0 bridgehead atoms. The highest BCUT2D eigenvalue weighted by molar-refractivity contribution is 7.09. The van der Waals surface area contributed by atoms with Crippen LogP contribution in [0.1, 0.15) is 23.5 Å². The summed E-state index contributed by atoms with van der Waals surface area (Å²) in [6, 6.07) is 4.21. The lowest BCUT2D eigenvalue weighted by Crippen LogP contribution is -2.38. The van der Waals surface area contributed by atoms with E-state index in [-0.39, 0.29) is 0 Å². The molecule has 0 fully saturated rings. The Hall–Kier alpha value is -1.89. The maximum atomic E-state index is 5.08. The second kappa shape index (κ2) is 8.41. The Bertz CT molecular complexity index is 549. The second-order valence-corrected chi connectivity index (χ2v) is 5.53. The molecule has 0 aromatic carbocycles. The van der Waals surface area contributed by atoms with Crippen LogP contribution >= 0.6 is 11.3 Å². The molecule has 2 N–H and O–H groups in total. The van der Waals surface area contributed by atoms with E-state index in [1.54, 1.807) is 11.3 Å². The molecule has 0 saturated heterocycles. The van der Waals surface area contributed by atoms with Crippen LogP contribution in [-0.4, -0.2) is 35.7 Å². The van der Waals surface area contributed by atoms with Crippen LogP contribution in [0.3, 0.4) is 0 Å². The van der Waals surface area contributed by atoms with Gasteiger partial charge in [-0.25, -0.2) is 0 Å². The minimum atomic E-state index is 0.648. The van der Waals surface area contributed by atoms with Gasteiger partial charge in [-0.3, -0.25) is 4.99 Å². The topological polar surface area (TPSA) is 75.3 Å². The van der Waals surface area contributed by atoms with E-state index in [4.69, 9.17) is 4.52 Å². The Morgan fingerprint density at radius 2 is 2.29 bits per heavy atom. The summed E-state index contributed by atoms with van der Waals surface area (Å²) in [5, 5.41) is 12.4. The highest BCUT2D eigenvalue weighted by Crippen LogP contribution is 2.08. The van der Waals surface area contributed by atoms with Gasteiger partial charge in [-0.1, -0.05) is 11.2 Å². The Balaban J connectivity index is 1.75. The van der Waals surface area contributed by atoms with Crippen molar-refractivity contribution in [1.82, 2.24) is 20.8 Å². The van der Waals surface area contributed by atoms with Crippen LogP contribution in [0.2, 0.25) is 0 Å². The van der Waals surface area contributed by atoms with Gasteiger partial charge in [0.1, 0.15) is 0 Å². The average Bonchev–Trinajstić information content (AvgIpc) is 3.11. The summed E-state index contributed by atoms with van der Waals surface area (Å²) < 4.78 is 5.08. The number of aryl methyl sites for hydroxylation is 1. The van der Waals surface area contributed by atoms with Gasteiger partial charge in [-0.15, -0.1) is 11.3 Å². The first-order valence-electron chi connectivity index (χ1n) is 7.11. The van der Waals surface area contributed by atoms with Crippen LogP contribution in [0.5, 0.6) is 0 Å². The largest absolute Gasteiger partial charge is 0.357 e. The second-order valence-electron chi connectivity index (χ2n) is 4.50. The smallest absolute Gasteiger partial charge is 0.228 e. The van der Waals surface area contributed by atoms with E-state index in [0.717, 1.165) is 25.5 Å². The molecule has 0 unspecified atom stereocenters. The van der Waals surface area contributed by atoms with E-state index in [0.29, 0.717) is 24.7 Å². The number of nitrogens with zero attached hydrogens (tertiary/aromatic N) is 3. The van der Waals surface area contributed by atoms with E-state index >= 15 is 0 Å². The molecule has 2 rings (SSSR count). The Kier molecular flexibility index (Phi) is 6.21. The summed E-state index contributed by atoms with van der Waals surface area (Å²) in [6.07, 6.45) is 1.66. The van der Waals surface area contributed by atoms with Crippen molar-refractivity contribution in [3.8, 4) is 0 Å². The van der Waals surface area contributed by atoms with Crippen molar-refractivity contribution < 1.29 is 4.52 Å². The molecule has 0 radical (unpaired) electrons. The minimum Gasteiger partial charge on any atom is -0.357 e. The van der Waals surface area contributed by atoms with Gasteiger partial charge >= 0.3 is 0 Å². The van der Waals surface area contributed by atoms with E-state index in [1.165, 1.54) is 4.88 Å². The van der Waals surface area contributed by atoms with Gasteiger partial charge in [0, 0.05) is 37.4 Å². The van der Waals surface area contributed by atoms with Gasteiger partial charge in [0.05, 0.1) is 0 Å². The summed E-state index contributed by atoms with van der Waals surface area (Å²) >= 11 is 1.77. The molecule has 21 heavy (non-hydrogen) atoms. The van der Waals surface area contributed by atoms with Crippen molar-refractivity contribution in [2.24, 2.45) is 4.99 Å². The van der Waals surface area contributed by atoms with Crippen molar-refractivity contribution in [2.45, 2.75) is 26.7 Å². The van der Waals surface area contributed by atoms with E-state index in [2.05, 4.69) is 50.2 Å². The molecule has 0 aliphatic rings. The number of aliphatic imine (C=N–C) groups is 1. The molecule has 2 heterocycles. The monoisotopic (exact) mass is 307 g/mol. The minimum absolute atomic E-state index is 0.648. The normalized spacial score (nSPS) is 11.6. The standard InChI is InChI=1S/C14H21N5OS/c1-3-15-14(16-8-6-12-5-4-10-21-12)17-9-7-13-18-11(2)19-20-13/h4-5,10H,3,6-9H2,1-2H3,(H2,15,16,17). The lowest BCUT2D eigenvalue weighted by molar-refractivity contribution is 0.374. The van der Waals surface area contributed by atoms with Gasteiger partial charge in [0.15, 0.2) is 11.8 Å². The highest BCUT2D eigenvalue weighted by atomic mass is 32.1. The van der Waals surface area contributed by atoms with E-state index < -0.39 is 0 Å². The third kappa shape index (κ3) is 5.55. The van der Waals surface area contributed by atoms with E-state index in [1.807, 2.05) is 6.92 Å². The molecular weight excluding hydrogens is 286 g/mol. The third-order valence-electron chi connectivity index (χ3n) is 2.75. The van der Waals surface area contributed by atoms with Crippen molar-refractivity contribution >= 4 is 17.3 Å². The van der Waals surface area contributed by atoms with Gasteiger partial charge in [-0.2, -0.15) is 4.98 Å². The van der Waals surface area contributed by atoms with Crippen LogP contribution in [0.25, 0.3) is 0 Å². The predicted octanol–water partition coefficient (Wildman–Crippen LogP) is 1.78. The SMILES string of the molecule is CCNC(=NCCc1cccs1)NCCc1nc(C)no1. The van der Waals surface area contributed by atoms with Crippen LogP contribution in [0.4, 0.5) is 0 Å². The van der Waals surface area contributed by atoms with Crippen LogP contribution in [0.15, 0.2) is 27.0 Å². The molecule has 0 atom stereocenters. The number of rotatable bonds is 7. The molecule has 6 nitrogen and oxygen atoms in total. The molecule has 114 valence electrons. The Morgan fingerprint density at radius 1 is 1.38 bits per heavy atom. The fourth-order valence-corrected chi connectivity index (χ4v) is 2.50. The summed E-state index contributed by atoms with van der Waals surface area (Å²) in [7, 11) is 0. The summed E-state index contributed by atoms with van der Waals surface area (Å²) in [5.74, 6) is 2.14. The number of aromatic nitrogens is 2. The lowest BCUT2D eigenvalue weighted by atomic mass is 10.3. The molecule has 0 spiro atoms. The third-order valence-corrected chi connectivity index (χ3v) is 3.69. The predicted molar refractivity (Wildman–Crippen MR) is 84.7 cm³/mol. The van der Waals surface area contributed by atoms with Crippen molar-refractivity contribution in [2.75, 3.05) is 19.6 Å². The maximum absolute atomic E-state index is 5.08. The number of nitrogens with one attached hydrogen (secondary N) is 2. The molecule has 2 aromatic heterocycles. The first kappa shape index (κ1) is 15.5. The fraction of sp³-hybridized carbons (Fsp3) is 0.500. The van der Waals surface area contributed by atoms with Crippen molar-refractivity contribution in [3.05, 3.63) is 34.1 Å². The zero-order chi connectivity index (χ0) is 14.9. The summed E-state index contributed by atoms with van der Waals surface area (Å²) in [6.45, 7) is 6.20. The number of hydrogen-bond donors (Lipinski definition) is 2. The molecule has 0 saturated carbocycles. The molecule has 2 aromatic rings. The molecular formula is C14H21N5OS. The maximum Gasteiger partial charge on any atom is 0.228 e. The van der Waals surface area contributed by atoms with Gasteiger partial charge in [0.2, 0.25) is 5.89 Å². The lowest BCUT2D eigenvalue weighted by Gasteiger charge is -2.10. The first-order valence-corrected chi connectivity index (χ1v) is 7.99. The van der Waals surface area contributed by atoms with Crippen LogP contribution in [-0.2, 0) is 12.8 Å². The summed E-state index contributed by atoms with van der Waals surface area (Å²) in [5.41, 5.74) is 0. The summed E-state index contributed by atoms with van der Waals surface area (Å²) in [4.78, 5) is 10.1. The average molecular weight is 307 g/mol. The van der Waals surface area contributed by atoms with Crippen molar-refractivity contribution in [3.63, 3.8) is 0 Å². The first-order chi connectivity index (χ1) is 10.3. The quantitative estimate of drug-likeness (QED) is 0.602. The molecule has 0 amide bonds. The van der Waals surface area contributed by atoms with Crippen LogP contribution < -0.4 is 10.6 Å². The molecule has 7 heteroatoms. The molecule has 0 aliphatic heterocycles. The zero-order valence-corrected chi connectivity index (χ0v) is 13.2. The number of guanidine groups is 1. The van der Waals surface area contributed by atoms with Gasteiger partial charge in [0.25, 0.3) is 0 Å². The highest BCUT2D eigenvalue weighted by Gasteiger charge is 2.03. The Morgan fingerprint density at radius 3 is 2.95 bits per heavy atom. The van der Waals surface area contributed by atoms with Crippen LogP contribution in [0, 0.1) is 6.92 Å². The Labute approximate surface area is 128 Å². The van der Waals surface area contributed by atoms with Crippen molar-refractivity contribution in [1.29, 1.82) is 0 Å². The molecule has 0 aliphatic carbocycles. The van der Waals surface area contributed by atoms with Gasteiger partial charge in [-0.05, 0) is 25.3 Å².